The predicted octanol–water partition coefficient (Wildman–Crippen LogP) is 3.45. The van der Waals surface area contributed by atoms with Crippen molar-refractivity contribution in [3.05, 3.63) is 59.5 Å². The van der Waals surface area contributed by atoms with Crippen molar-refractivity contribution in [1.82, 2.24) is 20.9 Å². The molecule has 3 N–H and O–H groups in total. The first kappa shape index (κ1) is 24.9. The molecule has 0 aliphatic heterocycles. The second kappa shape index (κ2) is 11.9. The van der Waals surface area contributed by atoms with E-state index in [1.165, 1.54) is 42.6 Å². The maximum atomic E-state index is 12.9. The van der Waals surface area contributed by atoms with Crippen LogP contribution in [0.3, 0.4) is 0 Å². The van der Waals surface area contributed by atoms with Gasteiger partial charge in [-0.25, -0.2) is 14.2 Å². The Bertz CT molecular complexity index is 891. The lowest BCUT2D eigenvalue weighted by Crippen LogP contribution is -2.49. The summed E-state index contributed by atoms with van der Waals surface area (Å²) >= 11 is 0. The molecule has 1 atom stereocenters. The van der Waals surface area contributed by atoms with Gasteiger partial charge < -0.3 is 20.7 Å². The summed E-state index contributed by atoms with van der Waals surface area (Å²) in [5, 5.41) is 7.83. The number of carbonyl (C=O) groups is 2. The van der Waals surface area contributed by atoms with Gasteiger partial charge in [0.2, 0.25) is 11.8 Å². The number of benzene rings is 1. The van der Waals surface area contributed by atoms with Crippen molar-refractivity contribution in [2.75, 3.05) is 6.61 Å². The van der Waals surface area contributed by atoms with Crippen molar-refractivity contribution in [1.29, 1.82) is 0 Å². The fourth-order valence-electron chi connectivity index (χ4n) is 2.66. The lowest BCUT2D eigenvalue weighted by atomic mass is 10.1. The van der Waals surface area contributed by atoms with Crippen molar-refractivity contribution in [2.45, 2.75) is 45.1 Å². The lowest BCUT2D eigenvalue weighted by Gasteiger charge is -2.18. The number of pyridine rings is 1. The molecule has 3 amide bonds. The van der Waals surface area contributed by atoms with Gasteiger partial charge in [-0.05, 0) is 35.7 Å². The largest absolute Gasteiger partial charge is 0.468 e. The summed E-state index contributed by atoms with van der Waals surface area (Å²) in [4.78, 5) is 28.4. The van der Waals surface area contributed by atoms with Gasteiger partial charge in [-0.3, -0.25) is 4.79 Å². The van der Waals surface area contributed by atoms with Gasteiger partial charge in [0.1, 0.15) is 11.9 Å². The molecule has 174 valence electrons. The number of ether oxygens (including phenoxy) is 1. The Morgan fingerprint density at radius 1 is 1.06 bits per heavy atom. The second-order valence-corrected chi connectivity index (χ2v) is 6.92. The Balaban J connectivity index is 1.85. The van der Waals surface area contributed by atoms with Gasteiger partial charge in [0.25, 0.3) is 0 Å². The average Bonchev–Trinajstić information content (AvgIpc) is 2.75. The zero-order valence-corrected chi connectivity index (χ0v) is 17.3. The summed E-state index contributed by atoms with van der Waals surface area (Å²) in [6, 6.07) is 7.08. The topological polar surface area (TPSA) is 92.4 Å². The van der Waals surface area contributed by atoms with Gasteiger partial charge in [0.05, 0.1) is 0 Å². The van der Waals surface area contributed by atoms with Gasteiger partial charge in [-0.2, -0.15) is 13.2 Å². The van der Waals surface area contributed by atoms with E-state index in [-0.39, 0.29) is 24.8 Å². The SMILES string of the molecule is CCCC(NC(=O)NCc1ccc(F)cc1)C(=O)NCc1ccnc(OCC(F)(F)F)c1. The normalized spacial score (nSPS) is 12.0. The van der Waals surface area contributed by atoms with E-state index >= 15 is 0 Å². The van der Waals surface area contributed by atoms with Crippen LogP contribution in [0.15, 0.2) is 42.6 Å². The molecule has 0 bridgehead atoms. The monoisotopic (exact) mass is 456 g/mol. The molecule has 0 aliphatic carbocycles. The van der Waals surface area contributed by atoms with Crippen LogP contribution in [0.5, 0.6) is 5.88 Å². The molecule has 2 aromatic rings. The molecule has 0 spiro atoms. The zero-order chi connectivity index (χ0) is 23.6. The Labute approximate surface area is 182 Å². The number of halogens is 4. The highest BCUT2D eigenvalue weighted by atomic mass is 19.4. The van der Waals surface area contributed by atoms with Crippen molar-refractivity contribution < 1.29 is 31.9 Å². The van der Waals surface area contributed by atoms with Crippen LogP contribution in [0.1, 0.15) is 30.9 Å². The maximum Gasteiger partial charge on any atom is 0.422 e. The van der Waals surface area contributed by atoms with E-state index in [0.717, 1.165) is 0 Å². The molecule has 0 radical (unpaired) electrons. The van der Waals surface area contributed by atoms with Crippen LogP contribution in [-0.2, 0) is 17.9 Å². The third-order valence-corrected chi connectivity index (χ3v) is 4.22. The second-order valence-electron chi connectivity index (χ2n) is 6.92. The predicted molar refractivity (Wildman–Crippen MR) is 108 cm³/mol. The summed E-state index contributed by atoms with van der Waals surface area (Å²) in [5.74, 6) is -1.04. The van der Waals surface area contributed by atoms with E-state index in [1.54, 1.807) is 0 Å². The molecule has 1 heterocycles. The third-order valence-electron chi connectivity index (χ3n) is 4.22. The van der Waals surface area contributed by atoms with E-state index in [2.05, 4.69) is 25.7 Å². The first-order chi connectivity index (χ1) is 15.2. The fraction of sp³-hybridized carbons (Fsp3) is 0.381. The van der Waals surface area contributed by atoms with Crippen LogP contribution < -0.4 is 20.7 Å². The number of nitrogens with zero attached hydrogens (tertiary/aromatic N) is 1. The first-order valence-electron chi connectivity index (χ1n) is 9.87. The minimum absolute atomic E-state index is 0.0167. The minimum atomic E-state index is -4.48. The molecular formula is C21H24F4N4O3. The Morgan fingerprint density at radius 2 is 1.75 bits per heavy atom. The van der Waals surface area contributed by atoms with Gasteiger partial charge in [-0.1, -0.05) is 25.5 Å². The molecule has 0 aliphatic rings. The smallest absolute Gasteiger partial charge is 0.422 e. The van der Waals surface area contributed by atoms with Crippen LogP contribution in [0, 0.1) is 5.82 Å². The van der Waals surface area contributed by atoms with Crippen molar-refractivity contribution in [3.63, 3.8) is 0 Å². The van der Waals surface area contributed by atoms with Crippen molar-refractivity contribution >= 4 is 11.9 Å². The van der Waals surface area contributed by atoms with E-state index in [0.29, 0.717) is 24.0 Å². The molecule has 0 saturated carbocycles. The Morgan fingerprint density at radius 3 is 2.41 bits per heavy atom. The highest BCUT2D eigenvalue weighted by Gasteiger charge is 2.28. The molecule has 11 heteroatoms. The summed E-state index contributed by atoms with van der Waals surface area (Å²) in [6.07, 6.45) is -2.20. The van der Waals surface area contributed by atoms with Crippen LogP contribution >= 0.6 is 0 Å². The molecule has 2 rings (SSSR count). The number of hydrogen-bond acceptors (Lipinski definition) is 4. The van der Waals surface area contributed by atoms with Crippen molar-refractivity contribution in [3.8, 4) is 5.88 Å². The number of alkyl halides is 3. The van der Waals surface area contributed by atoms with Gasteiger partial charge in [0, 0.05) is 25.4 Å². The van der Waals surface area contributed by atoms with E-state index in [4.69, 9.17) is 0 Å². The summed E-state index contributed by atoms with van der Waals surface area (Å²) < 4.78 is 54.3. The third kappa shape index (κ3) is 9.19. The highest BCUT2D eigenvalue weighted by molar-refractivity contribution is 5.86. The zero-order valence-electron chi connectivity index (χ0n) is 17.3. The number of aromatic nitrogens is 1. The van der Waals surface area contributed by atoms with E-state index in [9.17, 15) is 27.2 Å². The summed E-state index contributed by atoms with van der Waals surface area (Å²) in [5.41, 5.74) is 1.18. The Hall–Kier alpha value is -3.37. The molecule has 1 unspecified atom stereocenters. The van der Waals surface area contributed by atoms with Gasteiger partial charge >= 0.3 is 12.2 Å². The van der Waals surface area contributed by atoms with Crippen molar-refractivity contribution in [2.24, 2.45) is 0 Å². The highest BCUT2D eigenvalue weighted by Crippen LogP contribution is 2.17. The van der Waals surface area contributed by atoms with E-state index < -0.39 is 30.8 Å². The molecular weight excluding hydrogens is 432 g/mol. The molecule has 0 fully saturated rings. The fourth-order valence-corrected chi connectivity index (χ4v) is 2.66. The molecule has 0 saturated heterocycles. The molecule has 7 nitrogen and oxygen atoms in total. The molecule has 1 aromatic carbocycles. The number of nitrogens with one attached hydrogen (secondary N) is 3. The first-order valence-corrected chi connectivity index (χ1v) is 9.87. The van der Waals surface area contributed by atoms with Crippen LogP contribution in [0.4, 0.5) is 22.4 Å². The van der Waals surface area contributed by atoms with Crippen LogP contribution in [-0.4, -0.2) is 35.7 Å². The average molecular weight is 456 g/mol. The van der Waals surface area contributed by atoms with Gasteiger partial charge in [0.15, 0.2) is 6.61 Å². The number of amides is 3. The molecule has 32 heavy (non-hydrogen) atoms. The maximum absolute atomic E-state index is 12.9. The number of rotatable bonds is 10. The quantitative estimate of drug-likeness (QED) is 0.478. The molecule has 1 aromatic heterocycles. The Kier molecular flexibility index (Phi) is 9.23. The number of carbonyl (C=O) groups excluding carboxylic acids is 2. The lowest BCUT2D eigenvalue weighted by molar-refractivity contribution is -0.154. The van der Waals surface area contributed by atoms with Crippen LogP contribution in [0.25, 0.3) is 0 Å². The summed E-state index contributed by atoms with van der Waals surface area (Å²) in [6.45, 7) is 0.559. The van der Waals surface area contributed by atoms with Gasteiger partial charge in [-0.15, -0.1) is 0 Å². The standard InChI is InChI=1S/C21H24F4N4O3/c1-2-3-17(29-20(31)28-11-14-4-6-16(22)7-5-14)19(30)27-12-15-8-9-26-18(10-15)32-13-21(23,24)25/h4-10,17H,2-3,11-13H2,1H3,(H,27,30)(H2,28,29,31). The number of urea groups is 1. The summed E-state index contributed by atoms with van der Waals surface area (Å²) in [7, 11) is 0. The van der Waals surface area contributed by atoms with Crippen LogP contribution in [0.2, 0.25) is 0 Å². The number of hydrogen-bond donors (Lipinski definition) is 3. The van der Waals surface area contributed by atoms with E-state index in [1.807, 2.05) is 6.92 Å². The minimum Gasteiger partial charge on any atom is -0.468 e.